The molecule has 172 valence electrons. The Labute approximate surface area is 205 Å². The average molecular weight is 494 g/mol. The van der Waals surface area contributed by atoms with Crippen LogP contribution in [0.3, 0.4) is 0 Å². The van der Waals surface area contributed by atoms with E-state index in [0.717, 1.165) is 36.8 Å². The zero-order valence-electron chi connectivity index (χ0n) is 18.4. The SMILES string of the molecule is C[C@H](C(=O)NC1CCCCC1)N(Cc1ccccc1Cl)C(=O)CSCc1ccc(Cl)cc1. The Bertz CT molecular complexity index is 901. The summed E-state index contributed by atoms with van der Waals surface area (Å²) in [5.41, 5.74) is 1.94. The molecule has 2 aromatic rings. The van der Waals surface area contributed by atoms with Crippen LogP contribution in [0.4, 0.5) is 0 Å². The van der Waals surface area contributed by atoms with Crippen molar-refractivity contribution >= 4 is 46.8 Å². The van der Waals surface area contributed by atoms with E-state index in [1.165, 1.54) is 18.2 Å². The van der Waals surface area contributed by atoms with Gasteiger partial charge in [0, 0.05) is 28.4 Å². The highest BCUT2D eigenvalue weighted by atomic mass is 35.5. The van der Waals surface area contributed by atoms with Gasteiger partial charge in [-0.25, -0.2) is 0 Å². The molecule has 0 aliphatic heterocycles. The van der Waals surface area contributed by atoms with Crippen LogP contribution < -0.4 is 5.32 Å². The fourth-order valence-electron chi connectivity index (χ4n) is 3.88. The fraction of sp³-hybridized carbons (Fsp3) is 0.440. The Balaban J connectivity index is 1.65. The van der Waals surface area contributed by atoms with E-state index in [-0.39, 0.29) is 23.6 Å². The third-order valence-corrected chi connectivity index (χ3v) is 7.43. The largest absolute Gasteiger partial charge is 0.352 e. The third kappa shape index (κ3) is 7.43. The van der Waals surface area contributed by atoms with Gasteiger partial charge in [0.25, 0.3) is 0 Å². The van der Waals surface area contributed by atoms with Crippen molar-refractivity contribution in [1.82, 2.24) is 10.2 Å². The molecule has 1 atom stereocenters. The van der Waals surface area contributed by atoms with Crippen LogP contribution in [0.1, 0.15) is 50.2 Å². The number of carbonyl (C=O) groups is 2. The van der Waals surface area contributed by atoms with Gasteiger partial charge in [0.05, 0.1) is 5.75 Å². The third-order valence-electron chi connectivity index (χ3n) is 5.82. The maximum Gasteiger partial charge on any atom is 0.242 e. The maximum absolute atomic E-state index is 13.2. The second-order valence-corrected chi connectivity index (χ2v) is 10.1. The minimum absolute atomic E-state index is 0.0739. The highest BCUT2D eigenvalue weighted by Gasteiger charge is 2.28. The number of hydrogen-bond acceptors (Lipinski definition) is 3. The summed E-state index contributed by atoms with van der Waals surface area (Å²) in [5.74, 6) is 0.815. The van der Waals surface area contributed by atoms with Crippen LogP contribution in [0.15, 0.2) is 48.5 Å². The topological polar surface area (TPSA) is 49.4 Å². The summed E-state index contributed by atoms with van der Waals surface area (Å²) in [6, 6.07) is 14.7. The lowest BCUT2D eigenvalue weighted by Gasteiger charge is -2.31. The molecule has 0 aromatic heterocycles. The predicted octanol–water partition coefficient (Wildman–Crippen LogP) is 6.09. The molecule has 32 heavy (non-hydrogen) atoms. The predicted molar refractivity (Wildman–Crippen MR) is 134 cm³/mol. The summed E-state index contributed by atoms with van der Waals surface area (Å²) in [4.78, 5) is 27.9. The average Bonchev–Trinajstić information content (AvgIpc) is 2.80. The first-order valence-electron chi connectivity index (χ1n) is 11.1. The molecular weight excluding hydrogens is 463 g/mol. The molecule has 3 rings (SSSR count). The maximum atomic E-state index is 13.2. The van der Waals surface area contributed by atoms with Gasteiger partial charge in [-0.05, 0) is 49.1 Å². The lowest BCUT2D eigenvalue weighted by Crippen LogP contribution is -2.50. The standard InChI is InChI=1S/C25H30Cl2N2O2S/c1-18(25(31)28-22-8-3-2-4-9-22)29(15-20-7-5-6-10-23(20)27)24(30)17-32-16-19-11-13-21(26)14-12-19/h5-7,10-14,18,22H,2-4,8-9,15-17H2,1H3,(H,28,31)/t18-/m1/s1. The molecule has 7 heteroatoms. The number of amides is 2. The summed E-state index contributed by atoms with van der Waals surface area (Å²) in [7, 11) is 0. The number of nitrogens with zero attached hydrogens (tertiary/aromatic N) is 1. The number of benzene rings is 2. The Morgan fingerprint density at radius 3 is 2.44 bits per heavy atom. The smallest absolute Gasteiger partial charge is 0.242 e. The summed E-state index contributed by atoms with van der Waals surface area (Å²) in [6.45, 7) is 2.11. The number of thioether (sulfide) groups is 1. The van der Waals surface area contributed by atoms with Gasteiger partial charge in [-0.2, -0.15) is 0 Å². The van der Waals surface area contributed by atoms with Crippen molar-refractivity contribution in [3.05, 3.63) is 69.7 Å². The molecule has 4 nitrogen and oxygen atoms in total. The fourth-order valence-corrected chi connectivity index (χ4v) is 5.07. The molecule has 0 heterocycles. The van der Waals surface area contributed by atoms with Gasteiger partial charge in [0.2, 0.25) is 11.8 Å². The number of carbonyl (C=O) groups excluding carboxylic acids is 2. The van der Waals surface area contributed by atoms with Gasteiger partial charge >= 0.3 is 0 Å². The van der Waals surface area contributed by atoms with E-state index in [1.807, 2.05) is 48.5 Å². The van der Waals surface area contributed by atoms with Crippen molar-refractivity contribution in [1.29, 1.82) is 0 Å². The second kappa shape index (κ2) is 12.5. The van der Waals surface area contributed by atoms with E-state index in [9.17, 15) is 9.59 Å². The second-order valence-electron chi connectivity index (χ2n) is 8.25. The highest BCUT2D eigenvalue weighted by molar-refractivity contribution is 7.99. The van der Waals surface area contributed by atoms with Gasteiger partial charge in [0.15, 0.2) is 0 Å². The molecule has 0 bridgehead atoms. The lowest BCUT2D eigenvalue weighted by atomic mass is 9.95. The van der Waals surface area contributed by atoms with Gasteiger partial charge < -0.3 is 10.2 Å². The van der Waals surface area contributed by atoms with Crippen LogP contribution in [0, 0.1) is 0 Å². The summed E-state index contributed by atoms with van der Waals surface area (Å²) < 4.78 is 0. The van der Waals surface area contributed by atoms with E-state index in [0.29, 0.717) is 22.3 Å². The van der Waals surface area contributed by atoms with Crippen molar-refractivity contribution < 1.29 is 9.59 Å². The molecule has 0 spiro atoms. The summed E-state index contributed by atoms with van der Waals surface area (Å²) in [6.07, 6.45) is 5.53. The van der Waals surface area contributed by atoms with Crippen LogP contribution >= 0.6 is 35.0 Å². The minimum atomic E-state index is -0.572. The first-order valence-corrected chi connectivity index (χ1v) is 13.0. The van der Waals surface area contributed by atoms with E-state index in [1.54, 1.807) is 11.8 Å². The van der Waals surface area contributed by atoms with Gasteiger partial charge in [-0.1, -0.05) is 72.8 Å². The highest BCUT2D eigenvalue weighted by Crippen LogP contribution is 2.22. The number of rotatable bonds is 9. The summed E-state index contributed by atoms with van der Waals surface area (Å²) >= 11 is 13.8. The molecule has 1 fully saturated rings. The Morgan fingerprint density at radius 1 is 1.06 bits per heavy atom. The van der Waals surface area contributed by atoms with Crippen molar-refractivity contribution in [3.63, 3.8) is 0 Å². The zero-order valence-corrected chi connectivity index (χ0v) is 20.7. The van der Waals surface area contributed by atoms with Crippen molar-refractivity contribution in [2.24, 2.45) is 0 Å². The molecule has 1 N–H and O–H groups in total. The molecular formula is C25H30Cl2N2O2S. The van der Waals surface area contributed by atoms with Crippen LogP contribution in [-0.4, -0.2) is 34.6 Å². The molecule has 1 saturated carbocycles. The van der Waals surface area contributed by atoms with Gasteiger partial charge in [-0.15, -0.1) is 11.8 Å². The Morgan fingerprint density at radius 2 is 1.75 bits per heavy atom. The first kappa shape index (κ1) is 24.9. The van der Waals surface area contributed by atoms with Crippen LogP contribution in [0.25, 0.3) is 0 Å². The molecule has 1 aliphatic rings. The van der Waals surface area contributed by atoms with Crippen molar-refractivity contribution in [3.8, 4) is 0 Å². The molecule has 2 amide bonds. The monoisotopic (exact) mass is 492 g/mol. The van der Waals surface area contributed by atoms with Crippen LogP contribution in [0.2, 0.25) is 10.0 Å². The normalized spacial score (nSPS) is 15.2. The molecule has 2 aromatic carbocycles. The number of nitrogens with one attached hydrogen (secondary N) is 1. The number of hydrogen-bond donors (Lipinski definition) is 1. The Hall–Kier alpha value is -1.69. The van der Waals surface area contributed by atoms with Crippen LogP contribution in [0.5, 0.6) is 0 Å². The van der Waals surface area contributed by atoms with E-state index >= 15 is 0 Å². The Kier molecular flexibility index (Phi) is 9.76. The van der Waals surface area contributed by atoms with Crippen LogP contribution in [-0.2, 0) is 21.9 Å². The molecule has 0 saturated heterocycles. The van der Waals surface area contributed by atoms with Gasteiger partial charge in [0.1, 0.15) is 6.04 Å². The zero-order chi connectivity index (χ0) is 22.9. The van der Waals surface area contributed by atoms with E-state index < -0.39 is 6.04 Å². The summed E-state index contributed by atoms with van der Waals surface area (Å²) in [5, 5.41) is 4.45. The van der Waals surface area contributed by atoms with E-state index in [2.05, 4.69) is 5.32 Å². The molecule has 0 unspecified atom stereocenters. The van der Waals surface area contributed by atoms with Gasteiger partial charge in [-0.3, -0.25) is 9.59 Å². The number of halogens is 2. The molecule has 1 aliphatic carbocycles. The molecule has 0 radical (unpaired) electrons. The lowest BCUT2D eigenvalue weighted by molar-refractivity contribution is -0.139. The first-order chi connectivity index (χ1) is 15.4. The van der Waals surface area contributed by atoms with Crippen molar-refractivity contribution in [2.75, 3.05) is 5.75 Å². The quantitative estimate of drug-likeness (QED) is 0.460. The van der Waals surface area contributed by atoms with Crippen molar-refractivity contribution in [2.45, 2.75) is 63.4 Å². The van der Waals surface area contributed by atoms with E-state index in [4.69, 9.17) is 23.2 Å². The minimum Gasteiger partial charge on any atom is -0.352 e.